The van der Waals surface area contributed by atoms with E-state index in [0.717, 1.165) is 39.1 Å². The average Bonchev–Trinajstić information content (AvgIpc) is 2.84. The summed E-state index contributed by atoms with van der Waals surface area (Å²) in [6, 6.07) is 27.7. The maximum atomic E-state index is 14.2. The summed E-state index contributed by atoms with van der Waals surface area (Å²) < 4.78 is 0. The van der Waals surface area contributed by atoms with Crippen LogP contribution in [0, 0.1) is 13.8 Å². The van der Waals surface area contributed by atoms with E-state index in [1.807, 2.05) is 79.4 Å². The van der Waals surface area contributed by atoms with E-state index in [9.17, 15) is 9.59 Å². The molecule has 4 heteroatoms. The number of carbonyl (C=O) groups excluding carboxylic acids is 2. The van der Waals surface area contributed by atoms with Crippen molar-refractivity contribution in [3.8, 4) is 22.3 Å². The molecule has 0 spiro atoms. The first-order chi connectivity index (χ1) is 16.0. The summed E-state index contributed by atoms with van der Waals surface area (Å²) in [7, 11) is 0. The second-order valence-corrected chi connectivity index (χ2v) is 8.41. The Morgan fingerprint density at radius 1 is 0.818 bits per heavy atom. The van der Waals surface area contributed by atoms with Gasteiger partial charge < -0.3 is 10.6 Å². The number of primary amides is 1. The third-order valence-corrected chi connectivity index (χ3v) is 6.40. The van der Waals surface area contributed by atoms with Crippen molar-refractivity contribution in [1.29, 1.82) is 0 Å². The molecule has 2 amide bonds. The second-order valence-electron chi connectivity index (χ2n) is 8.41. The topological polar surface area (TPSA) is 63.4 Å². The van der Waals surface area contributed by atoms with Crippen molar-refractivity contribution in [1.82, 2.24) is 0 Å². The molecule has 1 aliphatic rings. The largest absolute Gasteiger partial charge is 0.366 e. The van der Waals surface area contributed by atoms with Crippen LogP contribution in [0.25, 0.3) is 22.3 Å². The first kappa shape index (κ1) is 20.7. The van der Waals surface area contributed by atoms with Crippen LogP contribution in [0.1, 0.15) is 37.4 Å². The number of aryl methyl sites for hydroxylation is 1. The fourth-order valence-electron chi connectivity index (χ4n) is 4.84. The van der Waals surface area contributed by atoms with E-state index in [2.05, 4.69) is 18.2 Å². The molecular formula is C29H24N2O2. The average molecular weight is 433 g/mol. The summed E-state index contributed by atoms with van der Waals surface area (Å²) in [5.41, 5.74) is 14.0. The van der Waals surface area contributed by atoms with Crippen molar-refractivity contribution in [2.24, 2.45) is 5.73 Å². The number of hydrogen-bond donors (Lipinski definition) is 1. The Bertz CT molecular complexity index is 1410. The van der Waals surface area contributed by atoms with Crippen LogP contribution in [0.5, 0.6) is 0 Å². The van der Waals surface area contributed by atoms with E-state index in [1.54, 1.807) is 6.07 Å². The molecule has 0 aliphatic carbocycles. The molecule has 0 fully saturated rings. The van der Waals surface area contributed by atoms with Gasteiger partial charge >= 0.3 is 0 Å². The third-order valence-electron chi connectivity index (χ3n) is 6.40. The van der Waals surface area contributed by atoms with Crippen molar-refractivity contribution in [2.45, 2.75) is 20.4 Å². The summed E-state index contributed by atoms with van der Waals surface area (Å²) in [5.74, 6) is -0.587. The molecule has 33 heavy (non-hydrogen) atoms. The standard InChI is InChI=1S/C29H24N2O2/c1-18-16-24(28(30)32)19(2)27(20-10-4-3-5-11-20)26(18)29(33)31-17-21-12-6-7-13-22(21)23-14-8-9-15-25(23)31/h3-16H,17H2,1-2H3,(H2,30,32). The Kier molecular flexibility index (Phi) is 5.06. The Morgan fingerprint density at radius 3 is 2.18 bits per heavy atom. The van der Waals surface area contributed by atoms with Crippen molar-refractivity contribution < 1.29 is 9.59 Å². The maximum Gasteiger partial charge on any atom is 0.259 e. The maximum absolute atomic E-state index is 14.2. The van der Waals surface area contributed by atoms with Gasteiger partial charge in [0.25, 0.3) is 5.91 Å². The van der Waals surface area contributed by atoms with Crippen LogP contribution in [0.15, 0.2) is 84.9 Å². The van der Waals surface area contributed by atoms with E-state index in [1.165, 1.54) is 0 Å². The van der Waals surface area contributed by atoms with Gasteiger partial charge in [0.1, 0.15) is 0 Å². The number of amides is 2. The summed E-state index contributed by atoms with van der Waals surface area (Å²) in [6.07, 6.45) is 0. The molecule has 0 unspecified atom stereocenters. The molecule has 0 saturated carbocycles. The van der Waals surface area contributed by atoms with Crippen LogP contribution in [-0.4, -0.2) is 11.8 Å². The van der Waals surface area contributed by atoms with Gasteiger partial charge in [-0.3, -0.25) is 9.59 Å². The second kappa shape index (κ2) is 8.06. The highest BCUT2D eigenvalue weighted by molar-refractivity contribution is 6.15. The Morgan fingerprint density at radius 2 is 1.45 bits per heavy atom. The molecule has 1 aliphatic heterocycles. The van der Waals surface area contributed by atoms with Gasteiger partial charge in [-0.2, -0.15) is 0 Å². The molecular weight excluding hydrogens is 408 g/mol. The van der Waals surface area contributed by atoms with E-state index < -0.39 is 5.91 Å². The van der Waals surface area contributed by atoms with Gasteiger partial charge in [0.15, 0.2) is 0 Å². The minimum atomic E-state index is -0.496. The summed E-state index contributed by atoms with van der Waals surface area (Å²) >= 11 is 0. The number of nitrogens with two attached hydrogens (primary N) is 1. The van der Waals surface area contributed by atoms with Gasteiger partial charge in [0.2, 0.25) is 5.91 Å². The zero-order valence-electron chi connectivity index (χ0n) is 18.6. The number of rotatable bonds is 3. The molecule has 4 aromatic carbocycles. The highest BCUT2D eigenvalue weighted by atomic mass is 16.2. The fraction of sp³-hybridized carbons (Fsp3) is 0.103. The van der Waals surface area contributed by atoms with Gasteiger partial charge in [-0.25, -0.2) is 0 Å². The van der Waals surface area contributed by atoms with Crippen LogP contribution >= 0.6 is 0 Å². The smallest absolute Gasteiger partial charge is 0.259 e. The van der Waals surface area contributed by atoms with Gasteiger partial charge in [0, 0.05) is 11.1 Å². The SMILES string of the molecule is Cc1cc(C(N)=O)c(C)c(-c2ccccc2)c1C(=O)N1Cc2ccccc2-c2ccccc21. The minimum absolute atomic E-state index is 0.0903. The first-order valence-corrected chi connectivity index (χ1v) is 11.0. The first-order valence-electron chi connectivity index (χ1n) is 11.0. The third kappa shape index (κ3) is 3.40. The molecule has 4 aromatic rings. The summed E-state index contributed by atoms with van der Waals surface area (Å²) in [6.45, 7) is 4.21. The Hall–Kier alpha value is -4.18. The van der Waals surface area contributed by atoms with Crippen molar-refractivity contribution in [3.63, 3.8) is 0 Å². The number of anilines is 1. The molecule has 0 radical (unpaired) electrons. The summed E-state index contributed by atoms with van der Waals surface area (Å²) in [4.78, 5) is 28.2. The molecule has 0 bridgehead atoms. The predicted molar refractivity (Wildman–Crippen MR) is 132 cm³/mol. The van der Waals surface area contributed by atoms with E-state index >= 15 is 0 Å². The lowest BCUT2D eigenvalue weighted by Gasteiger charge is -2.32. The van der Waals surface area contributed by atoms with Crippen LogP contribution < -0.4 is 10.6 Å². The van der Waals surface area contributed by atoms with E-state index in [4.69, 9.17) is 5.73 Å². The number of para-hydroxylation sites is 1. The predicted octanol–water partition coefficient (Wildman–Crippen LogP) is 5.90. The normalized spacial score (nSPS) is 12.1. The summed E-state index contributed by atoms with van der Waals surface area (Å²) in [5, 5.41) is 0. The van der Waals surface area contributed by atoms with Crippen molar-refractivity contribution in [3.05, 3.63) is 113 Å². The molecule has 5 rings (SSSR count). The highest BCUT2D eigenvalue weighted by Crippen LogP contribution is 2.41. The van der Waals surface area contributed by atoms with Gasteiger partial charge in [0.05, 0.1) is 17.8 Å². The van der Waals surface area contributed by atoms with Crippen LogP contribution in [0.4, 0.5) is 5.69 Å². The minimum Gasteiger partial charge on any atom is -0.366 e. The zero-order chi connectivity index (χ0) is 23.1. The number of hydrogen-bond acceptors (Lipinski definition) is 2. The van der Waals surface area contributed by atoms with Crippen molar-refractivity contribution >= 4 is 17.5 Å². The number of benzene rings is 4. The lowest BCUT2D eigenvalue weighted by Crippen LogP contribution is -2.34. The molecule has 162 valence electrons. The van der Waals surface area contributed by atoms with Crippen LogP contribution in [-0.2, 0) is 6.54 Å². The lowest BCUT2D eigenvalue weighted by molar-refractivity contribution is 0.0978. The molecule has 1 heterocycles. The van der Waals surface area contributed by atoms with Crippen LogP contribution in [0.2, 0.25) is 0 Å². The molecule has 0 aromatic heterocycles. The van der Waals surface area contributed by atoms with Gasteiger partial charge in [-0.1, -0.05) is 72.8 Å². The monoisotopic (exact) mass is 432 g/mol. The fourth-order valence-corrected chi connectivity index (χ4v) is 4.84. The van der Waals surface area contributed by atoms with E-state index in [0.29, 0.717) is 23.2 Å². The molecule has 4 nitrogen and oxygen atoms in total. The van der Waals surface area contributed by atoms with Gasteiger partial charge in [-0.05, 0) is 59.4 Å². The van der Waals surface area contributed by atoms with E-state index in [-0.39, 0.29) is 5.91 Å². The van der Waals surface area contributed by atoms with Crippen molar-refractivity contribution in [2.75, 3.05) is 4.90 Å². The zero-order valence-corrected chi connectivity index (χ0v) is 18.6. The quantitative estimate of drug-likeness (QED) is 0.438. The molecule has 0 atom stereocenters. The number of fused-ring (bicyclic) bond motifs is 3. The Balaban J connectivity index is 1.73. The number of nitrogens with zero attached hydrogens (tertiary/aromatic N) is 1. The number of carbonyl (C=O) groups is 2. The van der Waals surface area contributed by atoms with Crippen LogP contribution in [0.3, 0.4) is 0 Å². The lowest BCUT2D eigenvalue weighted by atomic mass is 9.86. The molecule has 2 N–H and O–H groups in total. The molecule has 0 saturated heterocycles. The Labute approximate surface area is 193 Å². The van der Waals surface area contributed by atoms with Gasteiger partial charge in [-0.15, -0.1) is 0 Å². The highest BCUT2D eigenvalue weighted by Gasteiger charge is 2.30.